The lowest BCUT2D eigenvalue weighted by molar-refractivity contribution is -0.137. The molecule has 2 aromatic rings. The highest BCUT2D eigenvalue weighted by Gasteiger charge is 2.51. The Balaban J connectivity index is 1.75. The normalized spacial score (nSPS) is 23.9. The molecule has 2 aliphatic rings. The Hall–Kier alpha value is -4.12. The van der Waals surface area contributed by atoms with Crippen LogP contribution in [0, 0.1) is 41.9 Å². The molecule has 1 aliphatic carbocycles. The molecule has 0 bridgehead atoms. The van der Waals surface area contributed by atoms with E-state index in [0.717, 1.165) is 12.1 Å². The van der Waals surface area contributed by atoms with Crippen molar-refractivity contribution in [3.05, 3.63) is 57.6 Å². The molecule has 218 valence electrons. The van der Waals surface area contributed by atoms with Crippen LogP contribution in [0.25, 0.3) is 0 Å². The number of aromatic nitrogens is 2. The fourth-order valence-corrected chi connectivity index (χ4v) is 5.82. The summed E-state index contributed by atoms with van der Waals surface area (Å²) in [6, 6.07) is 5.71. The average molecular weight is 570 g/mol. The number of benzene rings is 1. The summed E-state index contributed by atoms with van der Waals surface area (Å²) >= 11 is 0. The lowest BCUT2D eigenvalue weighted by Crippen LogP contribution is -2.55. The van der Waals surface area contributed by atoms with Crippen LogP contribution in [-0.2, 0) is 16.3 Å². The van der Waals surface area contributed by atoms with E-state index in [4.69, 9.17) is 15.2 Å². The Bertz CT molecular complexity index is 1510. The Morgan fingerprint density at radius 3 is 2.49 bits per heavy atom. The highest BCUT2D eigenvalue weighted by Crippen LogP contribution is 2.53. The van der Waals surface area contributed by atoms with E-state index in [1.807, 2.05) is 20.8 Å². The number of carbonyl (C=O) groups is 1. The molecule has 0 spiro atoms. The zero-order valence-corrected chi connectivity index (χ0v) is 24.1. The Morgan fingerprint density at radius 1 is 1.27 bits per heavy atom. The van der Waals surface area contributed by atoms with Crippen LogP contribution in [-0.4, -0.2) is 27.4 Å². The number of hydrogen-bond donors (Lipinski definition) is 3. The highest BCUT2D eigenvalue weighted by atomic mass is 19.4. The van der Waals surface area contributed by atoms with Gasteiger partial charge in [0.15, 0.2) is 0 Å². The maximum Gasteiger partial charge on any atom is 0.416 e. The second-order valence-electron chi connectivity index (χ2n) is 12.3. The molecule has 1 fully saturated rings. The lowest BCUT2D eigenvalue weighted by atomic mass is 9.61. The van der Waals surface area contributed by atoms with E-state index in [0.29, 0.717) is 24.1 Å². The van der Waals surface area contributed by atoms with Crippen LogP contribution >= 0.6 is 0 Å². The SMILES string of the molecule is Cc1[nH]nc2c1C(c1cc(C#CC3CC(C)(NC(=O)OC(C)(C)C)C3)cc(C(F)(F)F)c1)(C(C)C)C(C#N)=C(N)O2. The number of aromatic amines is 1. The number of hydrogen-bond acceptors (Lipinski definition) is 6. The predicted molar refractivity (Wildman–Crippen MR) is 145 cm³/mol. The summed E-state index contributed by atoms with van der Waals surface area (Å²) in [4.78, 5) is 12.2. The van der Waals surface area contributed by atoms with Gasteiger partial charge in [-0.1, -0.05) is 25.7 Å². The molecule has 0 radical (unpaired) electrons. The molecule has 1 aromatic heterocycles. The van der Waals surface area contributed by atoms with Crippen LogP contribution in [0.2, 0.25) is 0 Å². The molecule has 1 saturated carbocycles. The van der Waals surface area contributed by atoms with Gasteiger partial charge in [-0.05, 0) is 77.1 Å². The molecule has 4 rings (SSSR count). The van der Waals surface area contributed by atoms with Crippen molar-refractivity contribution in [2.75, 3.05) is 0 Å². The second-order valence-corrected chi connectivity index (χ2v) is 12.3. The van der Waals surface area contributed by atoms with Crippen molar-refractivity contribution < 1.29 is 27.4 Å². The Kier molecular flexibility index (Phi) is 7.32. The number of fused-ring (bicyclic) bond motifs is 1. The summed E-state index contributed by atoms with van der Waals surface area (Å²) in [7, 11) is 0. The minimum absolute atomic E-state index is 0.00529. The van der Waals surface area contributed by atoms with Gasteiger partial charge in [0.05, 0.1) is 16.5 Å². The molecule has 1 amide bonds. The number of allylic oxidation sites excluding steroid dienone is 1. The van der Waals surface area contributed by atoms with Crippen LogP contribution in [0.4, 0.5) is 18.0 Å². The van der Waals surface area contributed by atoms with Gasteiger partial charge in [-0.15, -0.1) is 5.10 Å². The number of ether oxygens (including phenoxy) is 2. The predicted octanol–water partition coefficient (Wildman–Crippen LogP) is 5.81. The number of alkyl halides is 3. The summed E-state index contributed by atoms with van der Waals surface area (Å²) in [5.41, 5.74) is 4.08. The number of alkyl carbamates (subject to hydrolysis) is 1. The van der Waals surface area contributed by atoms with Crippen LogP contribution in [0.3, 0.4) is 0 Å². The van der Waals surface area contributed by atoms with Gasteiger partial charge in [-0.25, -0.2) is 4.79 Å². The van der Waals surface area contributed by atoms with Gasteiger partial charge >= 0.3 is 12.3 Å². The van der Waals surface area contributed by atoms with E-state index < -0.39 is 40.3 Å². The largest absolute Gasteiger partial charge is 0.444 e. The maximum atomic E-state index is 14.2. The standard InChI is InChI=1S/C30H34F3N5O3/c1-16(2)29(22(15-34)24(35)40-25-23(29)17(3)37-38-25)20-10-18(11-21(12-20)30(31,32)33)8-9-19-13-28(7,14-19)36-26(39)41-27(4,5)6/h10-12,16,19H,13-14,35H2,1-7H3,(H,36,39)(H,37,38). The summed E-state index contributed by atoms with van der Waals surface area (Å²) in [5.74, 6) is 5.34. The third-order valence-electron chi connectivity index (χ3n) is 7.47. The highest BCUT2D eigenvalue weighted by molar-refractivity contribution is 5.69. The quantitative estimate of drug-likeness (QED) is 0.401. The Labute approximate surface area is 237 Å². The number of halogens is 3. The third kappa shape index (κ3) is 5.58. The molecule has 2 heterocycles. The minimum atomic E-state index is -4.67. The molecule has 1 atom stereocenters. The number of nitrogens with zero attached hydrogens (tertiary/aromatic N) is 2. The van der Waals surface area contributed by atoms with E-state index in [-0.39, 0.29) is 34.4 Å². The first kappa shape index (κ1) is 29.9. The number of nitriles is 1. The van der Waals surface area contributed by atoms with Crippen molar-refractivity contribution in [3.8, 4) is 23.8 Å². The number of nitrogens with two attached hydrogens (primary N) is 1. The number of amides is 1. The first-order valence-corrected chi connectivity index (χ1v) is 13.3. The fourth-order valence-electron chi connectivity index (χ4n) is 5.82. The van der Waals surface area contributed by atoms with Gasteiger partial charge in [-0.2, -0.15) is 18.4 Å². The second kappa shape index (κ2) is 10.1. The molecule has 1 aromatic carbocycles. The van der Waals surface area contributed by atoms with E-state index in [9.17, 15) is 23.2 Å². The lowest BCUT2D eigenvalue weighted by Gasteiger charge is -2.43. The van der Waals surface area contributed by atoms with Crippen molar-refractivity contribution in [1.82, 2.24) is 15.5 Å². The Morgan fingerprint density at radius 2 is 1.93 bits per heavy atom. The summed E-state index contributed by atoms with van der Waals surface area (Å²) < 4.78 is 53.5. The molecule has 8 nitrogen and oxygen atoms in total. The van der Waals surface area contributed by atoms with Crippen molar-refractivity contribution in [3.63, 3.8) is 0 Å². The van der Waals surface area contributed by atoms with E-state index >= 15 is 0 Å². The molecule has 1 unspecified atom stereocenters. The average Bonchev–Trinajstić information content (AvgIpc) is 3.18. The smallest absolute Gasteiger partial charge is 0.416 e. The van der Waals surface area contributed by atoms with Crippen LogP contribution in [0.5, 0.6) is 5.88 Å². The number of rotatable bonds is 3. The maximum absolute atomic E-state index is 14.2. The first-order chi connectivity index (χ1) is 18.9. The molecule has 1 aliphatic heterocycles. The first-order valence-electron chi connectivity index (χ1n) is 13.3. The number of aryl methyl sites for hydroxylation is 1. The zero-order chi connectivity index (χ0) is 30.5. The fraction of sp³-hybridized carbons (Fsp3) is 0.500. The van der Waals surface area contributed by atoms with Gasteiger partial charge in [0.25, 0.3) is 0 Å². The van der Waals surface area contributed by atoms with Gasteiger partial charge in [0, 0.05) is 22.7 Å². The molecular weight excluding hydrogens is 535 g/mol. The topological polar surface area (TPSA) is 126 Å². The van der Waals surface area contributed by atoms with Gasteiger partial charge in [0.2, 0.25) is 11.8 Å². The van der Waals surface area contributed by atoms with Crippen molar-refractivity contribution in [1.29, 1.82) is 5.26 Å². The number of H-pyrrole nitrogens is 1. The van der Waals surface area contributed by atoms with Gasteiger partial charge < -0.3 is 20.5 Å². The molecule has 11 heteroatoms. The van der Waals surface area contributed by atoms with Crippen molar-refractivity contribution in [2.45, 2.75) is 84.0 Å². The van der Waals surface area contributed by atoms with Gasteiger partial charge in [0.1, 0.15) is 17.2 Å². The van der Waals surface area contributed by atoms with Gasteiger partial charge in [-0.3, -0.25) is 5.10 Å². The minimum Gasteiger partial charge on any atom is -0.444 e. The molecule has 0 saturated heterocycles. The van der Waals surface area contributed by atoms with Crippen LogP contribution < -0.4 is 15.8 Å². The molecular formula is C30H34F3N5O3. The molecule has 4 N–H and O–H groups in total. The van der Waals surface area contributed by atoms with Crippen molar-refractivity contribution >= 4 is 6.09 Å². The van der Waals surface area contributed by atoms with E-state index in [2.05, 4.69) is 33.4 Å². The van der Waals surface area contributed by atoms with Crippen LogP contribution in [0.15, 0.2) is 29.7 Å². The van der Waals surface area contributed by atoms with Crippen molar-refractivity contribution in [2.24, 2.45) is 17.6 Å². The summed E-state index contributed by atoms with van der Waals surface area (Å²) in [5, 5.41) is 20.0. The van der Waals surface area contributed by atoms with E-state index in [1.165, 1.54) is 0 Å². The van der Waals surface area contributed by atoms with E-state index in [1.54, 1.807) is 33.8 Å². The summed E-state index contributed by atoms with van der Waals surface area (Å²) in [6.07, 6.45) is -4.15. The number of nitrogens with one attached hydrogen (secondary N) is 2. The summed E-state index contributed by atoms with van der Waals surface area (Å²) in [6.45, 7) is 12.5. The van der Waals surface area contributed by atoms with Crippen LogP contribution in [0.1, 0.15) is 82.3 Å². The third-order valence-corrected chi connectivity index (χ3v) is 7.47. The zero-order valence-electron chi connectivity index (χ0n) is 24.1. The molecule has 41 heavy (non-hydrogen) atoms. The number of carbonyl (C=O) groups excluding carboxylic acids is 1. The monoisotopic (exact) mass is 569 g/mol.